The molecule has 118 valence electrons. The number of sulfonamides is 1. The van der Waals surface area contributed by atoms with E-state index in [1.165, 1.54) is 0 Å². The van der Waals surface area contributed by atoms with Crippen LogP contribution in [0.4, 0.5) is 0 Å². The van der Waals surface area contributed by atoms with Crippen molar-refractivity contribution in [1.82, 2.24) is 4.31 Å². The van der Waals surface area contributed by atoms with Crippen LogP contribution in [0.2, 0.25) is 0 Å². The number of fused-ring (bicyclic) bond motifs is 1. The fourth-order valence-corrected chi connectivity index (χ4v) is 4.99. The molecule has 1 aliphatic heterocycles. The van der Waals surface area contributed by atoms with Crippen LogP contribution in [0.3, 0.4) is 0 Å². The highest BCUT2D eigenvalue weighted by molar-refractivity contribution is 7.89. The van der Waals surface area contributed by atoms with Crippen LogP contribution in [0.25, 0.3) is 10.8 Å². The molecule has 0 radical (unpaired) electrons. The fraction of sp³-hybridized carbons (Fsp3) is 0.412. The third-order valence-corrected chi connectivity index (χ3v) is 6.35. The third-order valence-electron chi connectivity index (χ3n) is 4.40. The minimum Gasteiger partial charge on any atom is -0.330 e. The number of hydrogen-bond donors (Lipinski definition) is 1. The van der Waals surface area contributed by atoms with Crippen molar-refractivity contribution in [3.05, 3.63) is 42.5 Å². The molecule has 1 aliphatic rings. The Morgan fingerprint density at radius 2 is 1.86 bits per heavy atom. The molecule has 1 atom stereocenters. The molecule has 5 heteroatoms. The van der Waals surface area contributed by atoms with Crippen LogP contribution in [0.15, 0.2) is 47.4 Å². The molecule has 0 aliphatic carbocycles. The molecule has 0 spiro atoms. The van der Waals surface area contributed by atoms with E-state index in [4.69, 9.17) is 5.73 Å². The van der Waals surface area contributed by atoms with Crippen molar-refractivity contribution in [3.63, 3.8) is 0 Å². The van der Waals surface area contributed by atoms with Gasteiger partial charge in [0.2, 0.25) is 10.0 Å². The van der Waals surface area contributed by atoms with Gasteiger partial charge in [-0.1, -0.05) is 36.8 Å². The van der Waals surface area contributed by atoms with Crippen LogP contribution < -0.4 is 5.73 Å². The largest absolute Gasteiger partial charge is 0.330 e. The average Bonchev–Trinajstić information content (AvgIpc) is 2.55. The predicted molar refractivity (Wildman–Crippen MR) is 89.2 cm³/mol. The maximum Gasteiger partial charge on any atom is 0.243 e. The lowest BCUT2D eigenvalue weighted by atomic mass is 10.0. The highest BCUT2D eigenvalue weighted by Crippen LogP contribution is 2.28. The number of piperidine rings is 1. The maximum absolute atomic E-state index is 13.0. The summed E-state index contributed by atoms with van der Waals surface area (Å²) in [6.45, 7) is 1.12. The van der Waals surface area contributed by atoms with Gasteiger partial charge in [0.25, 0.3) is 0 Å². The zero-order chi connectivity index (χ0) is 15.6. The lowest BCUT2D eigenvalue weighted by Gasteiger charge is -2.34. The van der Waals surface area contributed by atoms with Crippen molar-refractivity contribution < 1.29 is 8.42 Å². The minimum absolute atomic E-state index is 0.0372. The lowest BCUT2D eigenvalue weighted by Crippen LogP contribution is -2.44. The Labute approximate surface area is 132 Å². The van der Waals surface area contributed by atoms with E-state index in [0.717, 1.165) is 36.5 Å². The Morgan fingerprint density at radius 1 is 1.09 bits per heavy atom. The Kier molecular flexibility index (Phi) is 4.47. The van der Waals surface area contributed by atoms with Gasteiger partial charge in [-0.05, 0) is 48.7 Å². The summed E-state index contributed by atoms with van der Waals surface area (Å²) in [5, 5.41) is 2.01. The molecular formula is C17H22N2O2S. The number of nitrogens with zero attached hydrogens (tertiary/aromatic N) is 1. The molecule has 1 saturated heterocycles. The van der Waals surface area contributed by atoms with Gasteiger partial charge >= 0.3 is 0 Å². The molecule has 0 saturated carbocycles. The molecule has 1 fully saturated rings. The standard InChI is InChI=1S/C17H22N2O2S/c18-11-10-16-7-3-4-12-19(16)22(20,21)17-9-8-14-5-1-2-6-15(14)13-17/h1-2,5-6,8-9,13,16H,3-4,7,10-12,18H2. The van der Waals surface area contributed by atoms with Crippen LogP contribution >= 0.6 is 0 Å². The van der Waals surface area contributed by atoms with Gasteiger partial charge in [-0.2, -0.15) is 4.31 Å². The summed E-state index contributed by atoms with van der Waals surface area (Å²) in [5.41, 5.74) is 5.66. The summed E-state index contributed by atoms with van der Waals surface area (Å²) in [5.74, 6) is 0. The molecule has 2 aromatic rings. The Hall–Kier alpha value is -1.43. The molecule has 2 N–H and O–H groups in total. The first-order chi connectivity index (χ1) is 10.6. The molecule has 22 heavy (non-hydrogen) atoms. The second-order valence-corrected chi connectivity index (χ2v) is 7.74. The first kappa shape index (κ1) is 15.5. The van der Waals surface area contributed by atoms with Crippen LogP contribution in [0.5, 0.6) is 0 Å². The van der Waals surface area contributed by atoms with Gasteiger partial charge in [0, 0.05) is 12.6 Å². The van der Waals surface area contributed by atoms with Crippen molar-refractivity contribution in [3.8, 4) is 0 Å². The third kappa shape index (κ3) is 2.89. The summed E-state index contributed by atoms with van der Waals surface area (Å²) < 4.78 is 27.7. The van der Waals surface area contributed by atoms with E-state index in [-0.39, 0.29) is 6.04 Å². The molecule has 3 rings (SSSR count). The van der Waals surface area contributed by atoms with E-state index >= 15 is 0 Å². The summed E-state index contributed by atoms with van der Waals surface area (Å²) in [4.78, 5) is 0.384. The molecular weight excluding hydrogens is 296 g/mol. The van der Waals surface area contributed by atoms with Crippen LogP contribution in [0, 0.1) is 0 Å². The summed E-state index contributed by atoms with van der Waals surface area (Å²) in [6, 6.07) is 13.2. The van der Waals surface area contributed by atoms with Gasteiger partial charge in [-0.3, -0.25) is 0 Å². The first-order valence-electron chi connectivity index (χ1n) is 7.83. The van der Waals surface area contributed by atoms with Crippen molar-refractivity contribution in [1.29, 1.82) is 0 Å². The topological polar surface area (TPSA) is 63.4 Å². The highest BCUT2D eigenvalue weighted by atomic mass is 32.2. The second kappa shape index (κ2) is 6.36. The predicted octanol–water partition coefficient (Wildman–Crippen LogP) is 2.73. The molecule has 0 amide bonds. The fourth-order valence-electron chi connectivity index (χ4n) is 3.23. The van der Waals surface area contributed by atoms with E-state index in [9.17, 15) is 8.42 Å². The van der Waals surface area contributed by atoms with Gasteiger partial charge in [0.15, 0.2) is 0 Å². The van der Waals surface area contributed by atoms with E-state index < -0.39 is 10.0 Å². The average molecular weight is 318 g/mol. The summed E-state index contributed by atoms with van der Waals surface area (Å²) in [7, 11) is -3.45. The van der Waals surface area contributed by atoms with Crippen molar-refractivity contribution in [2.45, 2.75) is 36.6 Å². The number of benzene rings is 2. The van der Waals surface area contributed by atoms with E-state index in [1.807, 2.05) is 30.3 Å². The second-order valence-electron chi connectivity index (χ2n) is 5.85. The molecule has 0 aromatic heterocycles. The Balaban J connectivity index is 1.99. The smallest absolute Gasteiger partial charge is 0.243 e. The lowest BCUT2D eigenvalue weighted by molar-refractivity contribution is 0.243. The molecule has 1 unspecified atom stereocenters. The van der Waals surface area contributed by atoms with Crippen molar-refractivity contribution in [2.24, 2.45) is 5.73 Å². The Bertz CT molecular complexity index is 756. The Morgan fingerprint density at radius 3 is 2.64 bits per heavy atom. The van der Waals surface area contributed by atoms with Gasteiger partial charge in [-0.25, -0.2) is 8.42 Å². The van der Waals surface area contributed by atoms with Crippen LogP contribution in [-0.4, -0.2) is 31.9 Å². The maximum atomic E-state index is 13.0. The minimum atomic E-state index is -3.45. The SMILES string of the molecule is NCCC1CCCCN1S(=O)(=O)c1ccc2ccccc2c1. The monoisotopic (exact) mass is 318 g/mol. The van der Waals surface area contributed by atoms with Crippen molar-refractivity contribution >= 4 is 20.8 Å². The van der Waals surface area contributed by atoms with Gasteiger partial charge < -0.3 is 5.73 Å². The molecule has 2 aromatic carbocycles. The van der Waals surface area contributed by atoms with E-state index in [1.54, 1.807) is 16.4 Å². The highest BCUT2D eigenvalue weighted by Gasteiger charge is 2.32. The summed E-state index contributed by atoms with van der Waals surface area (Å²) >= 11 is 0. The van der Waals surface area contributed by atoms with Crippen LogP contribution in [-0.2, 0) is 10.0 Å². The molecule has 1 heterocycles. The quantitative estimate of drug-likeness (QED) is 0.943. The number of rotatable bonds is 4. The number of nitrogens with two attached hydrogens (primary N) is 1. The summed E-state index contributed by atoms with van der Waals surface area (Å²) in [6.07, 6.45) is 3.64. The molecule has 0 bridgehead atoms. The zero-order valence-corrected chi connectivity index (χ0v) is 13.4. The number of hydrogen-bond acceptors (Lipinski definition) is 3. The van der Waals surface area contributed by atoms with Crippen LogP contribution in [0.1, 0.15) is 25.7 Å². The van der Waals surface area contributed by atoms with Gasteiger partial charge in [0.1, 0.15) is 0 Å². The van der Waals surface area contributed by atoms with Gasteiger partial charge in [0.05, 0.1) is 4.90 Å². The van der Waals surface area contributed by atoms with Crippen molar-refractivity contribution in [2.75, 3.05) is 13.1 Å². The van der Waals surface area contributed by atoms with E-state index in [2.05, 4.69) is 0 Å². The first-order valence-corrected chi connectivity index (χ1v) is 9.27. The van der Waals surface area contributed by atoms with Gasteiger partial charge in [-0.15, -0.1) is 0 Å². The van der Waals surface area contributed by atoms with E-state index in [0.29, 0.717) is 18.0 Å². The molecule has 4 nitrogen and oxygen atoms in total. The zero-order valence-electron chi connectivity index (χ0n) is 12.6. The normalized spacial score (nSPS) is 20.3.